The highest BCUT2D eigenvalue weighted by Gasteiger charge is 2.39. The van der Waals surface area contributed by atoms with Crippen molar-refractivity contribution in [3.8, 4) is 0 Å². The zero-order chi connectivity index (χ0) is 30.9. The van der Waals surface area contributed by atoms with Crippen LogP contribution in [-0.4, -0.2) is 81.1 Å². The van der Waals surface area contributed by atoms with E-state index < -0.39 is 5.60 Å². The largest absolute Gasteiger partial charge is 0.444 e. The Hall–Kier alpha value is -3.86. The molecule has 2 amide bonds. The Kier molecular flexibility index (Phi) is 8.56. The van der Waals surface area contributed by atoms with E-state index in [1.165, 1.54) is 0 Å². The average molecular weight is 593 g/mol. The Morgan fingerprint density at radius 2 is 1.91 bits per heavy atom. The van der Waals surface area contributed by atoms with Crippen molar-refractivity contribution in [2.45, 2.75) is 84.5 Å². The number of nitrogens with one attached hydrogen (secondary N) is 2. The third kappa shape index (κ3) is 6.41. The molecule has 0 aliphatic carbocycles. The molecule has 2 saturated heterocycles. The summed E-state index contributed by atoms with van der Waals surface area (Å²) in [5.41, 5.74) is 1.80. The quantitative estimate of drug-likeness (QED) is 0.420. The van der Waals surface area contributed by atoms with Crippen LogP contribution >= 0.6 is 0 Å². The van der Waals surface area contributed by atoms with Gasteiger partial charge in [0.15, 0.2) is 5.82 Å². The van der Waals surface area contributed by atoms with E-state index in [-0.39, 0.29) is 29.2 Å². The van der Waals surface area contributed by atoms with E-state index in [9.17, 15) is 14.4 Å². The molecule has 0 spiro atoms. The summed E-state index contributed by atoms with van der Waals surface area (Å²) in [6, 6.07) is 7.49. The van der Waals surface area contributed by atoms with Crippen LogP contribution in [0, 0.1) is 6.92 Å². The topological polar surface area (TPSA) is 122 Å². The number of likely N-dealkylation sites (tertiary alicyclic amines) is 1. The number of hydrogen-bond donors (Lipinski definition) is 2. The van der Waals surface area contributed by atoms with Crippen LogP contribution in [0.4, 0.5) is 16.3 Å². The first kappa shape index (κ1) is 30.6. The van der Waals surface area contributed by atoms with Crippen LogP contribution in [0.1, 0.15) is 76.2 Å². The van der Waals surface area contributed by atoms with Gasteiger partial charge in [0.05, 0.1) is 17.2 Å². The number of rotatable bonds is 5. The van der Waals surface area contributed by atoms with E-state index in [4.69, 9.17) is 14.6 Å². The zero-order valence-corrected chi connectivity index (χ0v) is 26.2. The summed E-state index contributed by atoms with van der Waals surface area (Å²) in [6.07, 6.45) is 4.31. The third-order valence-corrected chi connectivity index (χ3v) is 8.52. The van der Waals surface area contributed by atoms with Crippen LogP contribution in [0.3, 0.4) is 0 Å². The lowest BCUT2D eigenvalue weighted by Crippen LogP contribution is -2.49. The number of carbonyl (C=O) groups is 2. The molecule has 0 unspecified atom stereocenters. The Morgan fingerprint density at radius 3 is 2.58 bits per heavy atom. The fourth-order valence-corrected chi connectivity index (χ4v) is 6.14. The van der Waals surface area contributed by atoms with E-state index in [0.29, 0.717) is 62.4 Å². The van der Waals surface area contributed by atoms with Gasteiger partial charge in [-0.05, 0) is 90.1 Å². The van der Waals surface area contributed by atoms with E-state index in [1.54, 1.807) is 11.1 Å². The predicted octanol–water partition coefficient (Wildman–Crippen LogP) is 5.16. The van der Waals surface area contributed by atoms with Crippen molar-refractivity contribution in [1.82, 2.24) is 24.6 Å². The normalized spacial score (nSPS) is 19.3. The van der Waals surface area contributed by atoms with Gasteiger partial charge in [0.1, 0.15) is 11.0 Å². The number of carbonyl (C=O) groups excluding carboxylic acids is 2. The maximum Gasteiger partial charge on any atom is 0.410 e. The molecule has 232 valence electrons. The highest BCUT2D eigenvalue weighted by atomic mass is 16.6. The number of nitrogens with zero attached hydrogens (tertiary/aromatic N) is 4. The molecule has 2 fully saturated rings. The fraction of sp³-hybridized carbons (Fsp3) is 0.562. The van der Waals surface area contributed by atoms with Crippen molar-refractivity contribution < 1.29 is 19.1 Å². The Labute approximate surface area is 252 Å². The van der Waals surface area contributed by atoms with Crippen molar-refractivity contribution in [2.24, 2.45) is 0 Å². The van der Waals surface area contributed by atoms with Crippen LogP contribution in [-0.2, 0) is 15.0 Å². The summed E-state index contributed by atoms with van der Waals surface area (Å²) in [5.74, 6) is 0.450. The number of amides is 2. The molecule has 11 nitrogen and oxygen atoms in total. The van der Waals surface area contributed by atoms with Gasteiger partial charge < -0.3 is 29.6 Å². The summed E-state index contributed by atoms with van der Waals surface area (Å²) < 4.78 is 13.3. The molecule has 11 heteroatoms. The number of benzene rings is 1. The number of hydrogen-bond acceptors (Lipinski definition) is 7. The standard InChI is InChI=1S/C32H44N6O5/c1-7-32(12-16-36(17-13-32)30(41)43-31(4,5)6)38-25-11-14-33-28(39)26(25)27(35-38)34-23-9-10-24(21(2)19-23)29(40)37-15-8-18-42-22(3)20-37/h9-11,14,19,22H,7-8,12-13,15-18,20H2,1-6H3,(H,33,39)(H,34,35)/t22-/m0/s1. The summed E-state index contributed by atoms with van der Waals surface area (Å²) >= 11 is 0. The molecule has 2 aliphatic rings. The minimum Gasteiger partial charge on any atom is -0.444 e. The predicted molar refractivity (Wildman–Crippen MR) is 166 cm³/mol. The Bertz CT molecular complexity index is 1550. The maximum absolute atomic E-state index is 13.3. The summed E-state index contributed by atoms with van der Waals surface area (Å²) in [5, 5.41) is 8.82. The van der Waals surface area contributed by atoms with Gasteiger partial charge >= 0.3 is 6.09 Å². The number of ether oxygens (including phenoxy) is 2. The van der Waals surface area contributed by atoms with E-state index >= 15 is 0 Å². The fourth-order valence-electron chi connectivity index (χ4n) is 6.14. The monoisotopic (exact) mass is 592 g/mol. The second kappa shape index (κ2) is 12.0. The summed E-state index contributed by atoms with van der Waals surface area (Å²) in [4.78, 5) is 45.6. The van der Waals surface area contributed by atoms with Crippen LogP contribution in [0.2, 0.25) is 0 Å². The second-order valence-corrected chi connectivity index (χ2v) is 12.8. The first-order valence-electron chi connectivity index (χ1n) is 15.3. The van der Waals surface area contributed by atoms with E-state index in [0.717, 1.165) is 29.6 Å². The summed E-state index contributed by atoms with van der Waals surface area (Å²) in [6.45, 7) is 14.6. The van der Waals surface area contributed by atoms with Gasteiger partial charge in [0.25, 0.3) is 11.5 Å². The van der Waals surface area contributed by atoms with Gasteiger partial charge in [-0.25, -0.2) is 4.79 Å². The van der Waals surface area contributed by atoms with Crippen molar-refractivity contribution in [3.05, 3.63) is 51.9 Å². The first-order valence-corrected chi connectivity index (χ1v) is 15.3. The first-order chi connectivity index (χ1) is 20.4. The smallest absolute Gasteiger partial charge is 0.410 e. The highest BCUT2D eigenvalue weighted by molar-refractivity contribution is 5.96. The molecule has 1 atom stereocenters. The van der Waals surface area contributed by atoms with Crippen molar-refractivity contribution in [3.63, 3.8) is 0 Å². The molecule has 43 heavy (non-hydrogen) atoms. The number of pyridine rings is 1. The second-order valence-electron chi connectivity index (χ2n) is 12.8. The molecule has 2 aromatic heterocycles. The number of aromatic amines is 1. The van der Waals surface area contributed by atoms with E-state index in [1.807, 2.05) is 68.5 Å². The van der Waals surface area contributed by atoms with Crippen molar-refractivity contribution in [2.75, 3.05) is 38.1 Å². The number of piperidine rings is 1. The number of anilines is 2. The van der Waals surface area contributed by atoms with Gasteiger partial charge in [0, 0.05) is 50.2 Å². The van der Waals surface area contributed by atoms with Gasteiger partial charge in [-0.1, -0.05) is 6.92 Å². The van der Waals surface area contributed by atoms with Crippen LogP contribution in [0.15, 0.2) is 35.3 Å². The number of aromatic nitrogens is 3. The lowest BCUT2D eigenvalue weighted by Gasteiger charge is -2.42. The molecule has 0 radical (unpaired) electrons. The lowest BCUT2D eigenvalue weighted by atomic mass is 9.85. The zero-order valence-electron chi connectivity index (χ0n) is 26.2. The molecule has 2 aliphatic heterocycles. The third-order valence-electron chi connectivity index (χ3n) is 8.52. The number of fused-ring (bicyclic) bond motifs is 1. The highest BCUT2D eigenvalue weighted by Crippen LogP contribution is 2.38. The molecule has 3 aromatic rings. The van der Waals surface area contributed by atoms with Gasteiger partial charge in [0.2, 0.25) is 0 Å². The molecule has 4 heterocycles. The molecule has 1 aromatic carbocycles. The van der Waals surface area contributed by atoms with Crippen molar-refractivity contribution in [1.29, 1.82) is 0 Å². The lowest BCUT2D eigenvalue weighted by molar-refractivity contribution is 0.0101. The molecular formula is C32H44N6O5. The van der Waals surface area contributed by atoms with Crippen molar-refractivity contribution >= 4 is 34.4 Å². The maximum atomic E-state index is 13.3. The molecular weight excluding hydrogens is 548 g/mol. The minimum absolute atomic E-state index is 0.00446. The van der Waals surface area contributed by atoms with Crippen LogP contribution < -0.4 is 10.9 Å². The number of aryl methyl sites for hydroxylation is 1. The number of H-pyrrole nitrogens is 1. The van der Waals surface area contributed by atoms with Gasteiger partial charge in [-0.2, -0.15) is 5.10 Å². The minimum atomic E-state index is -0.555. The van der Waals surface area contributed by atoms with Crippen LogP contribution in [0.5, 0.6) is 0 Å². The SMILES string of the molecule is CCC1(n2nc(Nc3ccc(C(=O)N4CCCO[C@@H](C)C4)c(C)c3)c3c(=O)[nH]ccc32)CCN(C(=O)OC(C)(C)C)CC1. The molecule has 0 bridgehead atoms. The Balaban J connectivity index is 1.41. The van der Waals surface area contributed by atoms with Crippen LogP contribution in [0.25, 0.3) is 10.9 Å². The van der Waals surface area contributed by atoms with Gasteiger partial charge in [-0.3, -0.25) is 14.3 Å². The molecule has 5 rings (SSSR count). The van der Waals surface area contributed by atoms with E-state index in [2.05, 4.69) is 17.2 Å². The Morgan fingerprint density at radius 1 is 1.16 bits per heavy atom. The molecule has 0 saturated carbocycles. The average Bonchev–Trinajstić information content (AvgIpc) is 3.18. The summed E-state index contributed by atoms with van der Waals surface area (Å²) in [7, 11) is 0. The molecule has 2 N–H and O–H groups in total. The van der Waals surface area contributed by atoms with Gasteiger partial charge in [-0.15, -0.1) is 0 Å².